The van der Waals surface area contributed by atoms with E-state index in [0.717, 1.165) is 16.9 Å². The van der Waals surface area contributed by atoms with E-state index < -0.39 is 6.61 Å². The van der Waals surface area contributed by atoms with Crippen molar-refractivity contribution < 1.29 is 13.5 Å². The average Bonchev–Trinajstić information content (AvgIpc) is 2.90. The first kappa shape index (κ1) is 13.3. The lowest BCUT2D eigenvalue weighted by molar-refractivity contribution is -0.0498. The van der Waals surface area contributed by atoms with Gasteiger partial charge < -0.3 is 15.0 Å². The lowest BCUT2D eigenvalue weighted by Crippen LogP contribution is -2.01. The van der Waals surface area contributed by atoms with Crippen LogP contribution in [0.4, 0.5) is 14.6 Å². The molecule has 2 N–H and O–H groups in total. The second-order valence-corrected chi connectivity index (χ2v) is 4.31. The highest BCUT2D eigenvalue weighted by Gasteiger charge is 2.08. The van der Waals surface area contributed by atoms with Crippen molar-refractivity contribution in [1.82, 2.24) is 15.0 Å². The molecule has 0 spiro atoms. The molecule has 3 aromatic rings. The minimum atomic E-state index is -2.83. The van der Waals surface area contributed by atoms with Crippen LogP contribution in [0.3, 0.4) is 0 Å². The Morgan fingerprint density at radius 3 is 2.52 bits per heavy atom. The van der Waals surface area contributed by atoms with Gasteiger partial charge in [0.1, 0.15) is 17.4 Å². The predicted molar refractivity (Wildman–Crippen MR) is 75.5 cm³/mol. The van der Waals surface area contributed by atoms with Gasteiger partial charge in [-0.15, -0.1) is 0 Å². The third-order valence-corrected chi connectivity index (χ3v) is 2.95. The van der Waals surface area contributed by atoms with Gasteiger partial charge in [-0.05, 0) is 36.4 Å². The van der Waals surface area contributed by atoms with E-state index in [1.807, 2.05) is 12.1 Å². The van der Waals surface area contributed by atoms with Gasteiger partial charge in [0.15, 0.2) is 5.65 Å². The zero-order valence-corrected chi connectivity index (χ0v) is 11.1. The molecule has 7 heteroatoms. The van der Waals surface area contributed by atoms with Crippen LogP contribution in [0.2, 0.25) is 0 Å². The fraction of sp³-hybridized carbons (Fsp3) is 0.143. The van der Waals surface area contributed by atoms with Crippen LogP contribution in [0.15, 0.2) is 36.4 Å². The highest BCUT2D eigenvalue weighted by atomic mass is 19.3. The van der Waals surface area contributed by atoms with Crippen molar-refractivity contribution >= 4 is 17.0 Å². The number of ether oxygens (including phenoxy) is 1. The summed E-state index contributed by atoms with van der Waals surface area (Å²) in [7, 11) is 1.78. The number of anilines is 1. The van der Waals surface area contributed by atoms with E-state index in [1.165, 1.54) is 12.1 Å². The minimum Gasteiger partial charge on any atom is -0.435 e. The van der Waals surface area contributed by atoms with Crippen molar-refractivity contribution in [3.63, 3.8) is 0 Å². The number of aromatic amines is 1. The van der Waals surface area contributed by atoms with Gasteiger partial charge in [-0.3, -0.25) is 0 Å². The molecule has 108 valence electrons. The molecule has 0 saturated carbocycles. The molecule has 3 rings (SSSR count). The summed E-state index contributed by atoms with van der Waals surface area (Å²) in [5.41, 5.74) is 2.15. The van der Waals surface area contributed by atoms with Crippen LogP contribution in [0.25, 0.3) is 22.6 Å². The van der Waals surface area contributed by atoms with Crippen LogP contribution in [0.5, 0.6) is 5.75 Å². The molecule has 0 fully saturated rings. The quantitative estimate of drug-likeness (QED) is 0.774. The van der Waals surface area contributed by atoms with E-state index in [-0.39, 0.29) is 5.75 Å². The highest BCUT2D eigenvalue weighted by Crippen LogP contribution is 2.23. The smallest absolute Gasteiger partial charge is 0.387 e. The summed E-state index contributed by atoms with van der Waals surface area (Å²) >= 11 is 0. The number of imidazole rings is 1. The van der Waals surface area contributed by atoms with Crippen LogP contribution in [0, 0.1) is 0 Å². The largest absolute Gasteiger partial charge is 0.435 e. The van der Waals surface area contributed by atoms with Gasteiger partial charge in [0.25, 0.3) is 0 Å². The number of nitrogens with zero attached hydrogens (tertiary/aromatic N) is 2. The van der Waals surface area contributed by atoms with Gasteiger partial charge in [0.05, 0.1) is 5.52 Å². The third kappa shape index (κ3) is 2.76. The molecule has 0 saturated heterocycles. The molecule has 0 aliphatic rings. The first-order chi connectivity index (χ1) is 10.2. The zero-order valence-electron chi connectivity index (χ0n) is 11.1. The summed E-state index contributed by atoms with van der Waals surface area (Å²) in [6.45, 7) is -2.83. The Balaban J connectivity index is 1.92. The number of benzene rings is 1. The molecule has 2 aromatic heterocycles. The summed E-state index contributed by atoms with van der Waals surface area (Å²) in [5.74, 6) is 1.45. The van der Waals surface area contributed by atoms with Crippen molar-refractivity contribution in [3.05, 3.63) is 36.4 Å². The summed E-state index contributed by atoms with van der Waals surface area (Å²) in [5, 5.41) is 2.94. The first-order valence-electron chi connectivity index (χ1n) is 6.25. The van der Waals surface area contributed by atoms with Crippen LogP contribution in [0.1, 0.15) is 0 Å². The topological polar surface area (TPSA) is 62.8 Å². The molecule has 0 atom stereocenters. The monoisotopic (exact) mass is 290 g/mol. The van der Waals surface area contributed by atoms with E-state index in [2.05, 4.69) is 25.0 Å². The molecule has 0 aliphatic heterocycles. The minimum absolute atomic E-state index is 0.112. The molecular formula is C14H12F2N4O. The average molecular weight is 290 g/mol. The number of pyridine rings is 1. The third-order valence-electron chi connectivity index (χ3n) is 2.95. The molecule has 2 heterocycles. The number of alkyl halides is 2. The molecule has 0 amide bonds. The number of H-pyrrole nitrogens is 1. The number of hydrogen-bond donors (Lipinski definition) is 2. The number of halogens is 2. The molecule has 5 nitrogen and oxygen atoms in total. The Bertz CT molecular complexity index is 755. The van der Waals surface area contributed by atoms with Crippen molar-refractivity contribution in [1.29, 1.82) is 0 Å². The Hall–Kier alpha value is -2.70. The van der Waals surface area contributed by atoms with Gasteiger partial charge in [0, 0.05) is 12.6 Å². The van der Waals surface area contributed by atoms with Gasteiger partial charge >= 0.3 is 6.61 Å². The number of nitrogens with one attached hydrogen (secondary N) is 2. The maximum absolute atomic E-state index is 12.1. The molecular weight excluding hydrogens is 278 g/mol. The second-order valence-electron chi connectivity index (χ2n) is 4.31. The molecule has 0 aliphatic carbocycles. The Morgan fingerprint density at radius 1 is 1.10 bits per heavy atom. The second kappa shape index (κ2) is 5.35. The SMILES string of the molecule is CNc1ccc2[nH]c(-c3ccc(OC(F)F)cc3)nc2n1. The van der Waals surface area contributed by atoms with E-state index in [4.69, 9.17) is 0 Å². The van der Waals surface area contributed by atoms with Crippen molar-refractivity contribution in [2.45, 2.75) is 6.61 Å². The van der Waals surface area contributed by atoms with Crippen molar-refractivity contribution in [3.8, 4) is 17.1 Å². The Morgan fingerprint density at radius 2 is 1.86 bits per heavy atom. The maximum Gasteiger partial charge on any atom is 0.387 e. The van der Waals surface area contributed by atoms with Crippen LogP contribution >= 0.6 is 0 Å². The maximum atomic E-state index is 12.1. The molecule has 0 bridgehead atoms. The lowest BCUT2D eigenvalue weighted by atomic mass is 10.2. The predicted octanol–water partition coefficient (Wildman–Crippen LogP) is 3.27. The Kier molecular flexibility index (Phi) is 3.39. The number of fused-ring (bicyclic) bond motifs is 1. The zero-order chi connectivity index (χ0) is 14.8. The number of hydrogen-bond acceptors (Lipinski definition) is 4. The number of rotatable bonds is 4. The van der Waals surface area contributed by atoms with Crippen LogP contribution in [-0.4, -0.2) is 28.6 Å². The van der Waals surface area contributed by atoms with Gasteiger partial charge in [-0.2, -0.15) is 8.78 Å². The summed E-state index contributed by atoms with van der Waals surface area (Å²) in [6.07, 6.45) is 0. The normalized spacial score (nSPS) is 11.0. The van der Waals surface area contributed by atoms with Crippen molar-refractivity contribution in [2.75, 3.05) is 12.4 Å². The summed E-state index contributed by atoms with van der Waals surface area (Å²) in [4.78, 5) is 11.8. The van der Waals surface area contributed by atoms with E-state index in [0.29, 0.717) is 11.5 Å². The van der Waals surface area contributed by atoms with E-state index >= 15 is 0 Å². The van der Waals surface area contributed by atoms with E-state index in [1.54, 1.807) is 19.2 Å². The first-order valence-corrected chi connectivity index (χ1v) is 6.25. The molecule has 21 heavy (non-hydrogen) atoms. The van der Waals surface area contributed by atoms with Crippen LogP contribution in [-0.2, 0) is 0 Å². The van der Waals surface area contributed by atoms with Crippen molar-refractivity contribution in [2.24, 2.45) is 0 Å². The molecule has 0 unspecified atom stereocenters. The fourth-order valence-corrected chi connectivity index (χ4v) is 1.96. The van der Waals surface area contributed by atoms with Gasteiger partial charge in [-0.25, -0.2) is 9.97 Å². The molecule has 1 aromatic carbocycles. The summed E-state index contributed by atoms with van der Waals surface area (Å²) in [6, 6.07) is 9.98. The van der Waals surface area contributed by atoms with E-state index in [9.17, 15) is 8.78 Å². The standard InChI is InChI=1S/C14H12F2N4O/c1-17-11-7-6-10-13(19-11)20-12(18-10)8-2-4-9(5-3-8)21-14(15)16/h2-7,14H,1H3,(H2,17,18,19,20). The fourth-order valence-electron chi connectivity index (χ4n) is 1.96. The highest BCUT2D eigenvalue weighted by molar-refractivity contribution is 5.77. The number of aromatic nitrogens is 3. The Labute approximate surface area is 119 Å². The molecule has 0 radical (unpaired) electrons. The summed E-state index contributed by atoms with van der Waals surface area (Å²) < 4.78 is 28.5. The van der Waals surface area contributed by atoms with Gasteiger partial charge in [-0.1, -0.05) is 0 Å². The lowest BCUT2D eigenvalue weighted by Gasteiger charge is -2.04. The van der Waals surface area contributed by atoms with Crippen LogP contribution < -0.4 is 10.1 Å². The van der Waals surface area contributed by atoms with Gasteiger partial charge in [0.2, 0.25) is 0 Å².